The maximum Gasteiger partial charge on any atom is 0.131 e. The third-order valence-electron chi connectivity index (χ3n) is 3.16. The molecule has 0 fully saturated rings. The SMILES string of the molecule is COc1cccc(-c2cc(-c3ccn[nH]3)ccc2F)c1. The van der Waals surface area contributed by atoms with Crippen molar-refractivity contribution in [2.75, 3.05) is 7.11 Å². The molecule has 1 heterocycles. The summed E-state index contributed by atoms with van der Waals surface area (Å²) in [5.41, 5.74) is 3.06. The third kappa shape index (κ3) is 2.28. The van der Waals surface area contributed by atoms with Crippen LogP contribution >= 0.6 is 0 Å². The Morgan fingerprint density at radius 3 is 2.70 bits per heavy atom. The molecule has 2 aromatic carbocycles. The Morgan fingerprint density at radius 2 is 1.95 bits per heavy atom. The van der Waals surface area contributed by atoms with E-state index in [4.69, 9.17) is 4.74 Å². The molecule has 3 rings (SSSR count). The van der Waals surface area contributed by atoms with E-state index in [1.807, 2.05) is 30.3 Å². The average molecular weight is 268 g/mol. The molecule has 1 aromatic heterocycles. The smallest absolute Gasteiger partial charge is 0.131 e. The number of hydrogen-bond acceptors (Lipinski definition) is 2. The molecule has 0 atom stereocenters. The van der Waals surface area contributed by atoms with Crippen molar-refractivity contribution >= 4 is 0 Å². The van der Waals surface area contributed by atoms with Crippen molar-refractivity contribution in [2.24, 2.45) is 0 Å². The fourth-order valence-electron chi connectivity index (χ4n) is 2.12. The summed E-state index contributed by atoms with van der Waals surface area (Å²) in [7, 11) is 1.59. The number of ether oxygens (including phenoxy) is 1. The van der Waals surface area contributed by atoms with Gasteiger partial charge in [-0.15, -0.1) is 0 Å². The van der Waals surface area contributed by atoms with E-state index >= 15 is 0 Å². The van der Waals surface area contributed by atoms with Gasteiger partial charge in [0, 0.05) is 17.3 Å². The van der Waals surface area contributed by atoms with E-state index in [9.17, 15) is 4.39 Å². The van der Waals surface area contributed by atoms with Gasteiger partial charge in [0.25, 0.3) is 0 Å². The Bertz CT molecular complexity index is 723. The van der Waals surface area contributed by atoms with Gasteiger partial charge in [-0.1, -0.05) is 12.1 Å². The second-order valence-corrected chi connectivity index (χ2v) is 4.40. The number of halogens is 1. The molecule has 3 aromatic rings. The second kappa shape index (κ2) is 5.17. The number of benzene rings is 2. The number of H-pyrrole nitrogens is 1. The lowest BCUT2D eigenvalue weighted by Gasteiger charge is -2.08. The Morgan fingerprint density at radius 1 is 1.05 bits per heavy atom. The van der Waals surface area contributed by atoms with Gasteiger partial charge >= 0.3 is 0 Å². The fourth-order valence-corrected chi connectivity index (χ4v) is 2.12. The van der Waals surface area contributed by atoms with Crippen molar-refractivity contribution in [3.63, 3.8) is 0 Å². The van der Waals surface area contributed by atoms with Gasteiger partial charge in [-0.2, -0.15) is 5.10 Å². The Balaban J connectivity index is 2.10. The van der Waals surface area contributed by atoms with E-state index in [-0.39, 0.29) is 5.82 Å². The van der Waals surface area contributed by atoms with Crippen LogP contribution in [0.5, 0.6) is 5.75 Å². The largest absolute Gasteiger partial charge is 0.497 e. The van der Waals surface area contributed by atoms with Crippen molar-refractivity contribution < 1.29 is 9.13 Å². The zero-order valence-corrected chi connectivity index (χ0v) is 10.9. The molecule has 0 radical (unpaired) electrons. The van der Waals surface area contributed by atoms with E-state index in [1.165, 1.54) is 6.07 Å². The van der Waals surface area contributed by atoms with Crippen molar-refractivity contribution in [1.29, 1.82) is 0 Å². The van der Waals surface area contributed by atoms with Crippen molar-refractivity contribution in [3.05, 3.63) is 60.5 Å². The number of rotatable bonds is 3. The number of nitrogens with one attached hydrogen (secondary N) is 1. The Kier molecular flexibility index (Phi) is 3.21. The summed E-state index contributed by atoms with van der Waals surface area (Å²) in [6.07, 6.45) is 1.67. The summed E-state index contributed by atoms with van der Waals surface area (Å²) >= 11 is 0. The zero-order valence-electron chi connectivity index (χ0n) is 10.9. The van der Waals surface area contributed by atoms with Crippen molar-refractivity contribution in [3.8, 4) is 28.1 Å². The molecule has 0 spiro atoms. The molecule has 0 amide bonds. The number of aromatic nitrogens is 2. The van der Waals surface area contributed by atoms with Crippen molar-refractivity contribution in [2.45, 2.75) is 0 Å². The second-order valence-electron chi connectivity index (χ2n) is 4.40. The minimum absolute atomic E-state index is 0.262. The number of aromatic amines is 1. The lowest BCUT2D eigenvalue weighted by atomic mass is 10.0. The zero-order chi connectivity index (χ0) is 13.9. The van der Waals surface area contributed by atoms with Gasteiger partial charge in [0.15, 0.2) is 0 Å². The van der Waals surface area contributed by atoms with Crippen LogP contribution in [-0.2, 0) is 0 Å². The van der Waals surface area contributed by atoms with Crippen LogP contribution in [0.4, 0.5) is 4.39 Å². The normalized spacial score (nSPS) is 10.5. The molecule has 20 heavy (non-hydrogen) atoms. The minimum Gasteiger partial charge on any atom is -0.497 e. The van der Waals surface area contributed by atoms with E-state index in [0.717, 1.165) is 16.8 Å². The molecule has 0 aliphatic rings. The van der Waals surface area contributed by atoms with Crippen LogP contribution in [0.1, 0.15) is 0 Å². The van der Waals surface area contributed by atoms with Crippen molar-refractivity contribution in [1.82, 2.24) is 10.2 Å². The molecule has 0 unspecified atom stereocenters. The quantitative estimate of drug-likeness (QED) is 0.782. The average Bonchev–Trinajstić information content (AvgIpc) is 3.02. The molecule has 0 aliphatic heterocycles. The lowest BCUT2D eigenvalue weighted by molar-refractivity contribution is 0.415. The minimum atomic E-state index is -0.262. The number of methoxy groups -OCH3 is 1. The van der Waals surface area contributed by atoms with Crippen LogP contribution in [-0.4, -0.2) is 17.3 Å². The molecule has 3 nitrogen and oxygen atoms in total. The fraction of sp³-hybridized carbons (Fsp3) is 0.0625. The molecule has 100 valence electrons. The van der Waals surface area contributed by atoms with Crippen LogP contribution < -0.4 is 4.74 Å². The van der Waals surface area contributed by atoms with Gasteiger partial charge in [0.05, 0.1) is 12.8 Å². The topological polar surface area (TPSA) is 37.9 Å². The van der Waals surface area contributed by atoms with Crippen LogP contribution in [0.2, 0.25) is 0 Å². The summed E-state index contributed by atoms with van der Waals surface area (Å²) in [4.78, 5) is 0. The first-order valence-electron chi connectivity index (χ1n) is 6.21. The maximum atomic E-state index is 14.1. The first-order valence-corrected chi connectivity index (χ1v) is 6.21. The molecule has 1 N–H and O–H groups in total. The number of hydrogen-bond donors (Lipinski definition) is 1. The maximum absolute atomic E-state index is 14.1. The molecule has 0 saturated heterocycles. The van der Waals surface area contributed by atoms with Gasteiger partial charge < -0.3 is 4.74 Å². The van der Waals surface area contributed by atoms with E-state index in [1.54, 1.807) is 25.4 Å². The summed E-state index contributed by atoms with van der Waals surface area (Å²) in [6.45, 7) is 0. The van der Waals surface area contributed by atoms with Gasteiger partial charge in [-0.25, -0.2) is 4.39 Å². The number of nitrogens with zero attached hydrogens (tertiary/aromatic N) is 1. The molecule has 0 saturated carbocycles. The van der Waals surface area contributed by atoms with Crippen LogP contribution in [0.3, 0.4) is 0 Å². The summed E-state index contributed by atoms with van der Waals surface area (Å²) in [5, 5.41) is 6.79. The lowest BCUT2D eigenvalue weighted by Crippen LogP contribution is -1.88. The highest BCUT2D eigenvalue weighted by Crippen LogP contribution is 2.29. The molecule has 4 heteroatoms. The van der Waals surface area contributed by atoms with E-state index < -0.39 is 0 Å². The van der Waals surface area contributed by atoms with Crippen LogP contribution in [0, 0.1) is 5.82 Å². The predicted octanol–water partition coefficient (Wildman–Crippen LogP) is 3.89. The summed E-state index contributed by atoms with van der Waals surface area (Å²) in [5.74, 6) is 0.440. The highest BCUT2D eigenvalue weighted by atomic mass is 19.1. The molecular formula is C16H13FN2O. The Hall–Kier alpha value is -2.62. The van der Waals surface area contributed by atoms with Crippen LogP contribution in [0.15, 0.2) is 54.7 Å². The third-order valence-corrected chi connectivity index (χ3v) is 3.16. The predicted molar refractivity (Wildman–Crippen MR) is 76.0 cm³/mol. The Labute approximate surface area is 116 Å². The summed E-state index contributed by atoms with van der Waals surface area (Å²) in [6, 6.07) is 14.2. The van der Waals surface area contributed by atoms with E-state index in [2.05, 4.69) is 10.2 Å². The van der Waals surface area contributed by atoms with Crippen LogP contribution in [0.25, 0.3) is 22.4 Å². The molecular weight excluding hydrogens is 255 g/mol. The van der Waals surface area contributed by atoms with Gasteiger partial charge in [-0.05, 0) is 42.0 Å². The first kappa shape index (κ1) is 12.4. The van der Waals surface area contributed by atoms with E-state index in [0.29, 0.717) is 11.3 Å². The van der Waals surface area contributed by atoms with Gasteiger partial charge in [0.2, 0.25) is 0 Å². The molecule has 0 bridgehead atoms. The standard InChI is InChI=1S/C16H13FN2O/c1-20-13-4-2-3-11(9-13)14-10-12(5-6-15(14)17)16-7-8-18-19-16/h2-10H,1H3,(H,18,19). The molecule has 0 aliphatic carbocycles. The highest BCUT2D eigenvalue weighted by Gasteiger charge is 2.09. The summed E-state index contributed by atoms with van der Waals surface area (Å²) < 4.78 is 19.2. The van der Waals surface area contributed by atoms with Gasteiger partial charge in [0.1, 0.15) is 11.6 Å². The first-order chi connectivity index (χ1) is 9.78. The monoisotopic (exact) mass is 268 g/mol. The van der Waals surface area contributed by atoms with Gasteiger partial charge in [-0.3, -0.25) is 5.10 Å². The highest BCUT2D eigenvalue weighted by molar-refractivity contribution is 5.72.